The van der Waals surface area contributed by atoms with Crippen molar-refractivity contribution < 1.29 is 9.84 Å². The number of thiazole rings is 1. The lowest BCUT2D eigenvalue weighted by atomic mass is 10.1. The minimum absolute atomic E-state index is 0.305. The average molecular weight is 340 g/mol. The first-order chi connectivity index (χ1) is 11.8. The van der Waals surface area contributed by atoms with Crippen LogP contribution in [0.3, 0.4) is 0 Å². The first kappa shape index (κ1) is 15.6. The summed E-state index contributed by atoms with van der Waals surface area (Å²) in [5.74, 6) is 0.319. The third kappa shape index (κ3) is 3.29. The number of phenolic OH excluding ortho intramolecular Hbond substituents is 1. The fraction of sp³-hybridized carbons (Fsp3) is 0.316. The Morgan fingerprint density at radius 1 is 1.25 bits per heavy atom. The van der Waals surface area contributed by atoms with Crippen molar-refractivity contribution in [2.75, 3.05) is 13.2 Å². The van der Waals surface area contributed by atoms with Gasteiger partial charge >= 0.3 is 0 Å². The van der Waals surface area contributed by atoms with Gasteiger partial charge in [0, 0.05) is 30.8 Å². The highest BCUT2D eigenvalue weighted by Gasteiger charge is 2.15. The maximum Gasteiger partial charge on any atom is 0.124 e. The van der Waals surface area contributed by atoms with Crippen LogP contribution in [0.4, 0.5) is 0 Å². The molecule has 1 fully saturated rings. The molecule has 4 rings (SSSR count). The predicted molar refractivity (Wildman–Crippen MR) is 97.4 cm³/mol. The van der Waals surface area contributed by atoms with Gasteiger partial charge in [0.25, 0.3) is 0 Å². The van der Waals surface area contributed by atoms with E-state index in [0.29, 0.717) is 18.4 Å². The SMILES string of the molecule is Oc1ccc(-c2nc3ccccc3s2)cc1CNCC1CCCO1. The molecule has 1 aliphatic rings. The lowest BCUT2D eigenvalue weighted by Gasteiger charge is -2.12. The van der Waals surface area contributed by atoms with Gasteiger partial charge in [-0.2, -0.15) is 0 Å². The molecule has 3 aromatic rings. The molecule has 0 radical (unpaired) electrons. The summed E-state index contributed by atoms with van der Waals surface area (Å²) in [5, 5.41) is 14.5. The number of phenols is 1. The second kappa shape index (κ2) is 6.89. The van der Waals surface area contributed by atoms with E-state index in [0.717, 1.165) is 47.6 Å². The zero-order valence-corrected chi connectivity index (χ0v) is 14.2. The van der Waals surface area contributed by atoms with Crippen LogP contribution >= 0.6 is 11.3 Å². The van der Waals surface area contributed by atoms with Gasteiger partial charge in [0.2, 0.25) is 0 Å². The van der Waals surface area contributed by atoms with E-state index in [9.17, 15) is 5.11 Å². The van der Waals surface area contributed by atoms with Crippen molar-refractivity contribution in [3.8, 4) is 16.3 Å². The molecular formula is C19H20N2O2S. The number of aromatic hydroxyl groups is 1. The molecule has 0 bridgehead atoms. The van der Waals surface area contributed by atoms with Crippen LogP contribution in [0.2, 0.25) is 0 Å². The molecule has 2 N–H and O–H groups in total. The van der Waals surface area contributed by atoms with Crippen LogP contribution in [0.15, 0.2) is 42.5 Å². The summed E-state index contributed by atoms with van der Waals surface area (Å²) in [6.45, 7) is 2.32. The summed E-state index contributed by atoms with van der Waals surface area (Å²) in [5.41, 5.74) is 2.95. The number of hydrogen-bond acceptors (Lipinski definition) is 5. The lowest BCUT2D eigenvalue weighted by Crippen LogP contribution is -2.25. The quantitative estimate of drug-likeness (QED) is 0.739. The number of hydrogen-bond donors (Lipinski definition) is 2. The van der Waals surface area contributed by atoms with Crippen LogP contribution in [0, 0.1) is 0 Å². The topological polar surface area (TPSA) is 54.4 Å². The fourth-order valence-electron chi connectivity index (χ4n) is 3.03. The normalized spacial score (nSPS) is 17.6. The van der Waals surface area contributed by atoms with Gasteiger partial charge < -0.3 is 15.2 Å². The molecule has 1 unspecified atom stereocenters. The third-order valence-corrected chi connectivity index (χ3v) is 5.42. The molecule has 2 aromatic carbocycles. The van der Waals surface area contributed by atoms with Gasteiger partial charge in [0.05, 0.1) is 16.3 Å². The summed E-state index contributed by atoms with van der Waals surface area (Å²) in [6, 6.07) is 13.8. The highest BCUT2D eigenvalue weighted by molar-refractivity contribution is 7.21. The number of nitrogens with one attached hydrogen (secondary N) is 1. The van der Waals surface area contributed by atoms with Gasteiger partial charge in [0.1, 0.15) is 10.8 Å². The van der Waals surface area contributed by atoms with Crippen molar-refractivity contribution in [1.29, 1.82) is 0 Å². The Bertz CT molecular complexity index is 807. The fourth-order valence-corrected chi connectivity index (χ4v) is 3.99. The first-order valence-corrected chi connectivity index (χ1v) is 9.11. The Hall–Kier alpha value is -1.95. The Labute approximate surface area is 145 Å². The minimum Gasteiger partial charge on any atom is -0.508 e. The van der Waals surface area contributed by atoms with Crippen molar-refractivity contribution in [3.63, 3.8) is 0 Å². The van der Waals surface area contributed by atoms with Crippen molar-refractivity contribution in [3.05, 3.63) is 48.0 Å². The van der Waals surface area contributed by atoms with Gasteiger partial charge in [-0.3, -0.25) is 0 Å². The first-order valence-electron chi connectivity index (χ1n) is 8.30. The number of nitrogens with zero attached hydrogens (tertiary/aromatic N) is 1. The zero-order valence-electron chi connectivity index (χ0n) is 13.4. The van der Waals surface area contributed by atoms with Crippen LogP contribution in [0.5, 0.6) is 5.75 Å². The molecule has 0 amide bonds. The molecule has 0 aliphatic carbocycles. The van der Waals surface area contributed by atoms with Crippen LogP contribution in [-0.4, -0.2) is 29.3 Å². The van der Waals surface area contributed by atoms with Crippen molar-refractivity contribution in [2.24, 2.45) is 0 Å². The van der Waals surface area contributed by atoms with E-state index in [1.54, 1.807) is 17.4 Å². The summed E-state index contributed by atoms with van der Waals surface area (Å²) < 4.78 is 6.79. The second-order valence-corrected chi connectivity index (χ2v) is 7.13. The van der Waals surface area contributed by atoms with E-state index in [-0.39, 0.29) is 0 Å². The number of para-hydroxylation sites is 1. The molecule has 24 heavy (non-hydrogen) atoms. The summed E-state index contributed by atoms with van der Waals surface area (Å²) >= 11 is 1.68. The van der Waals surface area contributed by atoms with Crippen molar-refractivity contribution in [2.45, 2.75) is 25.5 Å². The summed E-state index contributed by atoms with van der Waals surface area (Å²) in [7, 11) is 0. The summed E-state index contributed by atoms with van der Waals surface area (Å²) in [6.07, 6.45) is 2.56. The third-order valence-electron chi connectivity index (χ3n) is 4.33. The van der Waals surface area contributed by atoms with Crippen LogP contribution in [-0.2, 0) is 11.3 Å². The standard InChI is InChI=1S/C19H20N2O2S/c22-17-8-7-13(19-21-16-5-1-2-6-18(16)24-19)10-14(17)11-20-12-15-4-3-9-23-15/h1-2,5-8,10,15,20,22H,3-4,9,11-12H2. The Kier molecular flexibility index (Phi) is 4.47. The molecule has 4 nitrogen and oxygen atoms in total. The van der Waals surface area contributed by atoms with Gasteiger partial charge in [-0.15, -0.1) is 11.3 Å². The van der Waals surface area contributed by atoms with Crippen LogP contribution < -0.4 is 5.32 Å². The zero-order chi connectivity index (χ0) is 16.4. The number of aromatic nitrogens is 1. The van der Waals surface area contributed by atoms with Gasteiger partial charge in [-0.1, -0.05) is 12.1 Å². The summed E-state index contributed by atoms with van der Waals surface area (Å²) in [4.78, 5) is 4.69. The average Bonchev–Trinajstić information content (AvgIpc) is 3.25. The molecule has 1 atom stereocenters. The highest BCUT2D eigenvalue weighted by atomic mass is 32.1. The number of benzene rings is 2. The van der Waals surface area contributed by atoms with Crippen LogP contribution in [0.25, 0.3) is 20.8 Å². The number of fused-ring (bicyclic) bond motifs is 1. The van der Waals surface area contributed by atoms with E-state index >= 15 is 0 Å². The van der Waals surface area contributed by atoms with E-state index < -0.39 is 0 Å². The molecule has 0 spiro atoms. The van der Waals surface area contributed by atoms with Gasteiger partial charge in [-0.05, 0) is 43.2 Å². The molecule has 5 heteroatoms. The van der Waals surface area contributed by atoms with Crippen molar-refractivity contribution in [1.82, 2.24) is 10.3 Å². The smallest absolute Gasteiger partial charge is 0.124 e. The Morgan fingerprint density at radius 3 is 3.00 bits per heavy atom. The molecule has 1 saturated heterocycles. The second-order valence-electron chi connectivity index (χ2n) is 6.10. The molecule has 2 heterocycles. The van der Waals surface area contributed by atoms with E-state index in [1.165, 1.54) is 4.70 Å². The lowest BCUT2D eigenvalue weighted by molar-refractivity contribution is 0.110. The number of rotatable bonds is 5. The Balaban J connectivity index is 1.51. The molecule has 1 aromatic heterocycles. The molecule has 124 valence electrons. The highest BCUT2D eigenvalue weighted by Crippen LogP contribution is 2.32. The largest absolute Gasteiger partial charge is 0.508 e. The van der Waals surface area contributed by atoms with Gasteiger partial charge in [-0.25, -0.2) is 4.98 Å². The van der Waals surface area contributed by atoms with Crippen molar-refractivity contribution >= 4 is 21.6 Å². The monoisotopic (exact) mass is 340 g/mol. The molecular weight excluding hydrogens is 320 g/mol. The molecule has 0 saturated carbocycles. The number of ether oxygens (including phenoxy) is 1. The van der Waals surface area contributed by atoms with E-state index in [2.05, 4.69) is 11.4 Å². The Morgan fingerprint density at radius 2 is 2.17 bits per heavy atom. The maximum absolute atomic E-state index is 10.1. The minimum atomic E-state index is 0.305. The molecule has 1 aliphatic heterocycles. The maximum atomic E-state index is 10.1. The van der Waals surface area contributed by atoms with Gasteiger partial charge in [0.15, 0.2) is 0 Å². The van der Waals surface area contributed by atoms with E-state index in [1.807, 2.05) is 30.3 Å². The van der Waals surface area contributed by atoms with Crippen LogP contribution in [0.1, 0.15) is 18.4 Å². The predicted octanol–water partition coefficient (Wildman–Crippen LogP) is 3.94. The van der Waals surface area contributed by atoms with E-state index in [4.69, 9.17) is 9.72 Å².